The van der Waals surface area contributed by atoms with E-state index in [4.69, 9.17) is 23.2 Å². The highest BCUT2D eigenvalue weighted by molar-refractivity contribution is 7.14. The van der Waals surface area contributed by atoms with Crippen molar-refractivity contribution in [2.75, 3.05) is 0 Å². The molecular weight excluding hydrogens is 323 g/mol. The number of benzene rings is 2. The average Bonchev–Trinajstić information content (AvgIpc) is 2.91. The summed E-state index contributed by atoms with van der Waals surface area (Å²) in [5.74, 6) is 0.572. The molecule has 5 heteroatoms. The van der Waals surface area contributed by atoms with Crippen molar-refractivity contribution in [2.24, 2.45) is 0 Å². The van der Waals surface area contributed by atoms with Gasteiger partial charge in [-0.1, -0.05) is 47.5 Å². The van der Waals surface area contributed by atoms with E-state index in [2.05, 4.69) is 22.1 Å². The van der Waals surface area contributed by atoms with Crippen molar-refractivity contribution in [3.63, 3.8) is 0 Å². The normalized spacial score (nSPS) is 11.3. The molecule has 4 rings (SSSR count). The second kappa shape index (κ2) is 4.95. The predicted octanol–water partition coefficient (Wildman–Crippen LogP) is 5.82. The van der Waals surface area contributed by atoms with Crippen molar-refractivity contribution < 1.29 is 0 Å². The summed E-state index contributed by atoms with van der Waals surface area (Å²) >= 11 is 14.0. The zero-order valence-corrected chi connectivity index (χ0v) is 13.0. The molecule has 2 aromatic carbocycles. The third-order valence-corrected chi connectivity index (χ3v) is 4.96. The smallest absolute Gasteiger partial charge is 0.173 e. The number of aromatic nitrogens is 2. The third kappa shape index (κ3) is 2.18. The zero-order valence-electron chi connectivity index (χ0n) is 10.7. The van der Waals surface area contributed by atoms with E-state index in [0.29, 0.717) is 16.0 Å². The largest absolute Gasteiger partial charge is 0.227 e. The Morgan fingerprint density at radius 3 is 2.38 bits per heavy atom. The van der Waals surface area contributed by atoms with Crippen LogP contribution >= 0.6 is 34.5 Å². The fourth-order valence-electron chi connectivity index (χ4n) is 2.33. The Hall–Kier alpha value is -1.68. The minimum Gasteiger partial charge on any atom is -0.227 e. The van der Waals surface area contributed by atoms with Gasteiger partial charge in [0, 0.05) is 5.39 Å². The highest BCUT2D eigenvalue weighted by atomic mass is 35.5. The van der Waals surface area contributed by atoms with Gasteiger partial charge in [0.05, 0.1) is 15.4 Å². The molecule has 0 aliphatic carbocycles. The standard InChI is InChI=1S/C16H8Cl2N2S/c17-12-5-6-21-14(12)16-19-13-8-10-4-2-1-3-9(10)7-11(13)15(18)20-16/h1-8H. The molecule has 0 unspecified atom stereocenters. The van der Waals surface area contributed by atoms with Gasteiger partial charge in [0.15, 0.2) is 5.82 Å². The number of fused-ring (bicyclic) bond motifs is 2. The van der Waals surface area contributed by atoms with Crippen LogP contribution in [-0.4, -0.2) is 9.97 Å². The van der Waals surface area contributed by atoms with Crippen LogP contribution in [0.3, 0.4) is 0 Å². The molecule has 0 N–H and O–H groups in total. The molecule has 0 aliphatic heterocycles. The maximum absolute atomic E-state index is 6.34. The van der Waals surface area contributed by atoms with Gasteiger partial charge in [0.2, 0.25) is 0 Å². The molecule has 21 heavy (non-hydrogen) atoms. The third-order valence-electron chi connectivity index (χ3n) is 3.34. The van der Waals surface area contributed by atoms with Crippen molar-refractivity contribution in [3.8, 4) is 10.7 Å². The van der Waals surface area contributed by atoms with Crippen molar-refractivity contribution in [1.82, 2.24) is 9.97 Å². The summed E-state index contributed by atoms with van der Waals surface area (Å²) in [6.45, 7) is 0. The number of halogens is 2. The molecule has 0 bridgehead atoms. The highest BCUT2D eigenvalue weighted by Gasteiger charge is 2.12. The molecule has 0 spiro atoms. The first kappa shape index (κ1) is 13.0. The molecule has 0 aliphatic rings. The first-order valence-corrected chi connectivity index (χ1v) is 7.95. The lowest BCUT2D eigenvalue weighted by molar-refractivity contribution is 1.24. The van der Waals surface area contributed by atoms with Gasteiger partial charge < -0.3 is 0 Å². The molecule has 0 radical (unpaired) electrons. The fourth-order valence-corrected chi connectivity index (χ4v) is 3.64. The van der Waals surface area contributed by atoms with Gasteiger partial charge in [-0.05, 0) is 34.4 Å². The number of hydrogen-bond acceptors (Lipinski definition) is 3. The number of rotatable bonds is 1. The molecule has 0 saturated heterocycles. The summed E-state index contributed by atoms with van der Waals surface area (Å²) in [6.07, 6.45) is 0. The Bertz CT molecular complexity index is 979. The number of nitrogens with zero attached hydrogens (tertiary/aromatic N) is 2. The summed E-state index contributed by atoms with van der Waals surface area (Å²) in [4.78, 5) is 9.85. The van der Waals surface area contributed by atoms with Gasteiger partial charge in [-0.3, -0.25) is 0 Å². The van der Waals surface area contributed by atoms with E-state index in [1.165, 1.54) is 11.3 Å². The van der Waals surface area contributed by atoms with Crippen LogP contribution in [0.15, 0.2) is 47.8 Å². The van der Waals surface area contributed by atoms with Crippen LogP contribution in [0.5, 0.6) is 0 Å². The van der Waals surface area contributed by atoms with Crippen LogP contribution in [0.1, 0.15) is 0 Å². The molecule has 2 aromatic heterocycles. The van der Waals surface area contributed by atoms with Crippen molar-refractivity contribution in [3.05, 3.63) is 58.0 Å². The first-order chi connectivity index (χ1) is 10.2. The van der Waals surface area contributed by atoms with Crippen molar-refractivity contribution >= 4 is 56.2 Å². The Morgan fingerprint density at radius 2 is 1.67 bits per heavy atom. The minimum absolute atomic E-state index is 0.449. The molecule has 0 atom stereocenters. The maximum atomic E-state index is 6.34. The van der Waals surface area contributed by atoms with E-state index in [1.807, 2.05) is 35.7 Å². The summed E-state index contributed by atoms with van der Waals surface area (Å²) in [6, 6.07) is 14.0. The van der Waals surface area contributed by atoms with Gasteiger partial charge >= 0.3 is 0 Å². The Labute approximate surface area is 135 Å². The van der Waals surface area contributed by atoms with Crippen molar-refractivity contribution in [2.45, 2.75) is 0 Å². The minimum atomic E-state index is 0.449. The second-order valence-electron chi connectivity index (χ2n) is 4.65. The lowest BCUT2D eigenvalue weighted by Gasteiger charge is -2.05. The number of thiophene rings is 1. The van der Waals surface area contributed by atoms with E-state index in [-0.39, 0.29) is 0 Å². The topological polar surface area (TPSA) is 25.8 Å². The fraction of sp³-hybridized carbons (Fsp3) is 0. The summed E-state index contributed by atoms with van der Waals surface area (Å²) in [5, 5.41) is 6.12. The second-order valence-corrected chi connectivity index (χ2v) is 6.33. The van der Waals surface area contributed by atoms with Crippen LogP contribution in [0.4, 0.5) is 0 Å². The van der Waals surface area contributed by atoms with Crippen LogP contribution < -0.4 is 0 Å². The van der Waals surface area contributed by atoms with Crippen LogP contribution in [-0.2, 0) is 0 Å². The quantitative estimate of drug-likeness (QED) is 0.324. The molecule has 0 fully saturated rings. The van der Waals surface area contributed by atoms with Gasteiger partial charge in [0.25, 0.3) is 0 Å². The number of hydrogen-bond donors (Lipinski definition) is 0. The molecule has 0 amide bonds. The molecule has 2 heterocycles. The van der Waals surface area contributed by atoms with Crippen LogP contribution in [0.25, 0.3) is 32.4 Å². The van der Waals surface area contributed by atoms with Gasteiger partial charge in [0.1, 0.15) is 5.15 Å². The predicted molar refractivity (Wildman–Crippen MR) is 90.4 cm³/mol. The molecule has 4 aromatic rings. The summed E-state index contributed by atoms with van der Waals surface area (Å²) < 4.78 is 0. The van der Waals surface area contributed by atoms with E-state index in [0.717, 1.165) is 26.6 Å². The van der Waals surface area contributed by atoms with Crippen molar-refractivity contribution in [1.29, 1.82) is 0 Å². The summed E-state index contributed by atoms with van der Waals surface area (Å²) in [5.41, 5.74) is 0.827. The highest BCUT2D eigenvalue weighted by Crippen LogP contribution is 2.34. The SMILES string of the molecule is Clc1ccsc1-c1nc(Cl)c2cc3ccccc3cc2n1. The van der Waals surface area contributed by atoms with E-state index < -0.39 is 0 Å². The lowest BCUT2D eigenvalue weighted by atomic mass is 10.1. The van der Waals surface area contributed by atoms with Crippen LogP contribution in [0, 0.1) is 0 Å². The van der Waals surface area contributed by atoms with E-state index in [9.17, 15) is 0 Å². The lowest BCUT2D eigenvalue weighted by Crippen LogP contribution is -1.91. The zero-order chi connectivity index (χ0) is 14.4. The van der Waals surface area contributed by atoms with Crippen LogP contribution in [0.2, 0.25) is 10.2 Å². The molecular formula is C16H8Cl2N2S. The Balaban J connectivity index is 2.05. The molecule has 2 nitrogen and oxygen atoms in total. The molecule has 0 saturated carbocycles. The maximum Gasteiger partial charge on any atom is 0.173 e. The average molecular weight is 331 g/mol. The first-order valence-electron chi connectivity index (χ1n) is 6.32. The summed E-state index contributed by atoms with van der Waals surface area (Å²) in [7, 11) is 0. The molecule has 102 valence electrons. The van der Waals surface area contributed by atoms with Gasteiger partial charge in [-0.15, -0.1) is 11.3 Å². The van der Waals surface area contributed by atoms with Gasteiger partial charge in [-0.25, -0.2) is 9.97 Å². The van der Waals surface area contributed by atoms with E-state index in [1.54, 1.807) is 0 Å². The Kier molecular flexibility index (Phi) is 3.07. The van der Waals surface area contributed by atoms with E-state index >= 15 is 0 Å². The monoisotopic (exact) mass is 330 g/mol. The Morgan fingerprint density at radius 1 is 0.905 bits per heavy atom. The van der Waals surface area contributed by atoms with Gasteiger partial charge in [-0.2, -0.15) is 0 Å².